The highest BCUT2D eigenvalue weighted by Gasteiger charge is 2.28. The highest BCUT2D eigenvalue weighted by molar-refractivity contribution is 5.85. The maximum atomic E-state index is 12.1. The second kappa shape index (κ2) is 16.3. The monoisotopic (exact) mass is 754 g/mol. The van der Waals surface area contributed by atoms with Gasteiger partial charge in [-0.1, -0.05) is 36.4 Å². The lowest BCUT2D eigenvalue weighted by Crippen LogP contribution is -2.14. The van der Waals surface area contributed by atoms with Crippen LogP contribution >= 0.6 is 0 Å². The van der Waals surface area contributed by atoms with Crippen LogP contribution in [0.25, 0.3) is 22.3 Å². The molecule has 0 saturated carbocycles. The Bertz CT molecular complexity index is 2670. The van der Waals surface area contributed by atoms with E-state index in [-0.39, 0.29) is 45.4 Å². The van der Waals surface area contributed by atoms with E-state index in [0.29, 0.717) is 39.4 Å². The molecule has 4 aromatic carbocycles. The second-order valence-corrected chi connectivity index (χ2v) is 12.3. The molecule has 0 spiro atoms. The number of nitro groups is 2. The Hall–Kier alpha value is -8.01. The Labute approximate surface area is 318 Å². The minimum atomic E-state index is -0.570. The Balaban J connectivity index is 0.000000194. The van der Waals surface area contributed by atoms with Gasteiger partial charge < -0.3 is 29.7 Å². The molecule has 0 aliphatic carbocycles. The standard InChI is InChI=1S/C22H19N5O4.C18H15N3O4/c1-25-13-15(8-11-20(25)28)18-9-10-19(24-16-12-23-26(2)14-16)21(27(29)30)22(18)31-17-6-4-3-5-7-17;1-20-11-12(7-10-16(20)22)14-8-9-15(19)17(21(23)24)18(14)25-13-5-3-2-4-6-13/h3-14,24H,1-2H3;2-11H,19H2,1H3. The van der Waals surface area contributed by atoms with Crippen LogP contribution in [0.5, 0.6) is 23.0 Å². The predicted molar refractivity (Wildman–Crippen MR) is 211 cm³/mol. The Kier molecular flexibility index (Phi) is 11.0. The summed E-state index contributed by atoms with van der Waals surface area (Å²) >= 11 is 0. The van der Waals surface area contributed by atoms with Crippen LogP contribution in [0.1, 0.15) is 0 Å². The molecule has 56 heavy (non-hydrogen) atoms. The van der Waals surface area contributed by atoms with Crippen LogP contribution in [0.3, 0.4) is 0 Å². The average molecular weight is 755 g/mol. The van der Waals surface area contributed by atoms with Gasteiger partial charge in [0.15, 0.2) is 0 Å². The van der Waals surface area contributed by atoms with Crippen LogP contribution in [-0.2, 0) is 21.1 Å². The molecule has 0 saturated heterocycles. The molecule has 3 N–H and O–H groups in total. The summed E-state index contributed by atoms with van der Waals surface area (Å²) in [6.07, 6.45) is 6.49. The fourth-order valence-corrected chi connectivity index (χ4v) is 5.65. The summed E-state index contributed by atoms with van der Waals surface area (Å²) in [7, 11) is 4.98. The van der Waals surface area contributed by atoms with Gasteiger partial charge in [-0.2, -0.15) is 5.10 Å². The van der Waals surface area contributed by atoms with Crippen LogP contribution in [0.4, 0.5) is 28.4 Å². The van der Waals surface area contributed by atoms with Crippen LogP contribution in [0.15, 0.2) is 144 Å². The number of benzene rings is 4. The third-order valence-corrected chi connectivity index (χ3v) is 8.36. The molecular weight excluding hydrogens is 720 g/mol. The number of ether oxygens (including phenoxy) is 2. The number of para-hydroxylation sites is 2. The maximum absolute atomic E-state index is 12.1. The van der Waals surface area contributed by atoms with Crippen LogP contribution < -0.4 is 31.6 Å². The van der Waals surface area contributed by atoms with Crippen molar-refractivity contribution in [3.05, 3.63) is 175 Å². The number of hydrogen-bond acceptors (Lipinski definition) is 11. The Morgan fingerprint density at radius 2 is 1.11 bits per heavy atom. The molecule has 0 amide bonds. The van der Waals surface area contributed by atoms with E-state index in [2.05, 4.69) is 10.4 Å². The Morgan fingerprint density at radius 3 is 1.55 bits per heavy atom. The lowest BCUT2D eigenvalue weighted by atomic mass is 10.0. The number of hydrogen-bond donors (Lipinski definition) is 2. The van der Waals surface area contributed by atoms with Gasteiger partial charge in [-0.05, 0) is 60.7 Å². The Morgan fingerprint density at radius 1 is 0.625 bits per heavy atom. The van der Waals surface area contributed by atoms with Gasteiger partial charge in [0.25, 0.3) is 0 Å². The van der Waals surface area contributed by atoms with Gasteiger partial charge >= 0.3 is 11.4 Å². The van der Waals surface area contributed by atoms with Crippen LogP contribution in [0.2, 0.25) is 0 Å². The largest absolute Gasteiger partial charge is 0.449 e. The molecule has 7 rings (SSSR count). The van der Waals surface area contributed by atoms with Crippen molar-refractivity contribution in [3.8, 4) is 45.3 Å². The van der Waals surface area contributed by atoms with Crippen molar-refractivity contribution in [2.75, 3.05) is 11.1 Å². The number of aryl methyl sites for hydroxylation is 3. The highest BCUT2D eigenvalue weighted by atomic mass is 16.6. The second-order valence-electron chi connectivity index (χ2n) is 12.3. The minimum absolute atomic E-state index is 0.00417. The molecule has 16 nitrogen and oxygen atoms in total. The third-order valence-electron chi connectivity index (χ3n) is 8.36. The van der Waals surface area contributed by atoms with E-state index in [0.717, 1.165) is 0 Å². The van der Waals surface area contributed by atoms with Crippen molar-refractivity contribution in [2.45, 2.75) is 0 Å². The summed E-state index contributed by atoms with van der Waals surface area (Å²) in [5.41, 5.74) is 7.96. The van der Waals surface area contributed by atoms with Crippen molar-refractivity contribution in [1.82, 2.24) is 18.9 Å². The van der Waals surface area contributed by atoms with Crippen molar-refractivity contribution in [2.24, 2.45) is 21.1 Å². The van der Waals surface area contributed by atoms with Crippen LogP contribution in [-0.4, -0.2) is 28.8 Å². The van der Waals surface area contributed by atoms with E-state index < -0.39 is 9.85 Å². The fraction of sp³-hybridized carbons (Fsp3) is 0.0750. The van der Waals surface area contributed by atoms with Gasteiger partial charge in [0.2, 0.25) is 22.6 Å². The van der Waals surface area contributed by atoms with Gasteiger partial charge in [-0.25, -0.2) is 0 Å². The number of nitrogens with one attached hydrogen (secondary N) is 1. The zero-order valence-corrected chi connectivity index (χ0v) is 30.2. The first-order valence-corrected chi connectivity index (χ1v) is 16.8. The van der Waals surface area contributed by atoms with Gasteiger partial charge in [0.05, 0.1) is 21.7 Å². The van der Waals surface area contributed by atoms with Gasteiger partial charge in [-0.3, -0.25) is 34.5 Å². The zero-order chi connectivity index (χ0) is 39.9. The number of nitrogen functional groups attached to an aromatic ring is 1. The molecule has 0 unspecified atom stereocenters. The summed E-state index contributed by atoms with van der Waals surface area (Å²) in [6, 6.07) is 30.0. The highest BCUT2D eigenvalue weighted by Crippen LogP contribution is 2.46. The van der Waals surface area contributed by atoms with E-state index in [1.165, 1.54) is 27.3 Å². The summed E-state index contributed by atoms with van der Waals surface area (Å²) in [6.45, 7) is 0. The molecule has 0 bridgehead atoms. The SMILES string of the molecule is Cn1cc(-c2ccc(N)c([N+](=O)[O-])c2Oc2ccccc2)ccc1=O.Cn1cc(Nc2ccc(-c3ccc(=O)n(C)c3)c(Oc3ccccc3)c2[N+](=O)[O-])cn1. The van der Waals surface area contributed by atoms with E-state index >= 15 is 0 Å². The molecule has 0 aliphatic heterocycles. The maximum Gasteiger partial charge on any atom is 0.335 e. The van der Waals surface area contributed by atoms with E-state index in [1.807, 2.05) is 12.1 Å². The first-order chi connectivity index (χ1) is 26.9. The summed E-state index contributed by atoms with van der Waals surface area (Å²) < 4.78 is 16.2. The van der Waals surface area contributed by atoms with Crippen LogP contribution in [0, 0.1) is 20.2 Å². The first-order valence-electron chi connectivity index (χ1n) is 16.8. The van der Waals surface area contributed by atoms with E-state index in [1.54, 1.807) is 129 Å². The van der Waals surface area contributed by atoms with Crippen molar-refractivity contribution >= 4 is 28.4 Å². The number of aromatic nitrogens is 4. The molecule has 0 radical (unpaired) electrons. The molecule has 3 heterocycles. The first kappa shape index (κ1) is 37.7. The van der Waals surface area contributed by atoms with E-state index in [9.17, 15) is 29.8 Å². The fourth-order valence-electron chi connectivity index (χ4n) is 5.65. The summed E-state index contributed by atoms with van der Waals surface area (Å²) in [5, 5.41) is 30.8. The molecule has 7 aromatic rings. The normalized spacial score (nSPS) is 10.6. The van der Waals surface area contributed by atoms with Gasteiger partial charge in [0.1, 0.15) is 22.9 Å². The van der Waals surface area contributed by atoms with E-state index in [4.69, 9.17) is 15.2 Å². The quantitative estimate of drug-likeness (QED) is 0.0791. The molecule has 3 aromatic heterocycles. The number of nitrogens with zero attached hydrogens (tertiary/aromatic N) is 6. The lowest BCUT2D eigenvalue weighted by Gasteiger charge is -2.15. The summed E-state index contributed by atoms with van der Waals surface area (Å²) in [5.74, 6) is 1.01. The molecule has 0 fully saturated rings. The lowest BCUT2D eigenvalue weighted by molar-refractivity contribution is -0.384. The molecule has 0 atom stereocenters. The van der Waals surface area contributed by atoms with Crippen molar-refractivity contribution in [3.63, 3.8) is 0 Å². The van der Waals surface area contributed by atoms with Crippen molar-refractivity contribution in [1.29, 1.82) is 0 Å². The average Bonchev–Trinajstić information content (AvgIpc) is 3.59. The smallest absolute Gasteiger partial charge is 0.335 e. The topological polar surface area (TPSA) is 205 Å². The number of nitro benzene ring substituents is 2. The molecule has 282 valence electrons. The number of rotatable bonds is 10. The third kappa shape index (κ3) is 8.44. The number of nitrogens with two attached hydrogens (primary N) is 1. The zero-order valence-electron chi connectivity index (χ0n) is 30.2. The molecular formula is C40H34N8O8. The number of anilines is 3. The summed E-state index contributed by atoms with van der Waals surface area (Å²) in [4.78, 5) is 46.0. The molecule has 16 heteroatoms. The van der Waals surface area contributed by atoms with Gasteiger partial charge in [-0.15, -0.1) is 0 Å². The minimum Gasteiger partial charge on any atom is -0.449 e. The van der Waals surface area contributed by atoms with Crippen molar-refractivity contribution < 1.29 is 19.3 Å². The number of pyridine rings is 2. The predicted octanol–water partition coefficient (Wildman–Crippen LogP) is 7.56. The molecule has 0 aliphatic rings. The van der Waals surface area contributed by atoms with Gasteiger partial charge in [0, 0.05) is 74.1 Å².